The number of thiocarbonyl (C=S) groups is 1. The van der Waals surface area contributed by atoms with Crippen LogP contribution in [0.2, 0.25) is 0 Å². The molecule has 8 heteroatoms. The van der Waals surface area contributed by atoms with Crippen LogP contribution in [0.4, 0.5) is 0 Å². The van der Waals surface area contributed by atoms with Crippen LogP contribution in [0.1, 0.15) is 6.92 Å². The molecule has 6 nitrogen and oxygen atoms in total. The summed E-state index contributed by atoms with van der Waals surface area (Å²) in [6.07, 6.45) is 1.02. The number of thioether (sulfide) groups is 1. The van der Waals surface area contributed by atoms with Gasteiger partial charge < -0.3 is 9.84 Å². The van der Waals surface area contributed by atoms with Gasteiger partial charge in [0.2, 0.25) is 0 Å². The Kier molecular flexibility index (Phi) is 4.64. The highest BCUT2D eigenvalue weighted by molar-refractivity contribution is 8.26. The molecule has 0 aromatic rings. The lowest BCUT2D eigenvalue weighted by molar-refractivity contribution is -0.140. The largest absolute Gasteiger partial charge is 0.480 e. The van der Waals surface area contributed by atoms with Crippen molar-refractivity contribution in [1.29, 1.82) is 0 Å². The number of hydrogen-bond donors (Lipinski definition) is 1. The number of esters is 1. The molecule has 0 saturated carbocycles. The van der Waals surface area contributed by atoms with Crippen LogP contribution >= 0.6 is 24.0 Å². The molecular formula is C9H9NO5S2. The first-order valence-corrected chi connectivity index (χ1v) is 5.82. The van der Waals surface area contributed by atoms with Crippen molar-refractivity contribution in [3.05, 3.63) is 11.0 Å². The predicted molar refractivity (Wildman–Crippen MR) is 64.3 cm³/mol. The van der Waals surface area contributed by atoms with E-state index in [1.165, 1.54) is 0 Å². The lowest BCUT2D eigenvalue weighted by Gasteiger charge is -2.09. The van der Waals surface area contributed by atoms with Crippen LogP contribution in [-0.4, -0.2) is 45.3 Å². The maximum absolute atomic E-state index is 11.7. The quantitative estimate of drug-likeness (QED) is 0.451. The summed E-state index contributed by atoms with van der Waals surface area (Å²) in [7, 11) is 0. The summed E-state index contributed by atoms with van der Waals surface area (Å²) in [5.41, 5.74) is 0. The van der Waals surface area contributed by atoms with Crippen molar-refractivity contribution < 1.29 is 24.2 Å². The molecule has 1 saturated heterocycles. The van der Waals surface area contributed by atoms with Crippen LogP contribution in [0, 0.1) is 0 Å². The molecule has 1 rings (SSSR count). The highest BCUT2D eigenvalue weighted by Gasteiger charge is 2.33. The lowest BCUT2D eigenvalue weighted by Crippen LogP contribution is -2.33. The van der Waals surface area contributed by atoms with E-state index in [4.69, 9.17) is 17.3 Å². The zero-order valence-corrected chi connectivity index (χ0v) is 10.5. The number of amides is 1. The number of aliphatic carboxylic acids is 1. The number of carboxylic acids is 1. The van der Waals surface area contributed by atoms with Crippen LogP contribution < -0.4 is 0 Å². The van der Waals surface area contributed by atoms with Gasteiger partial charge in [-0.05, 0) is 6.92 Å². The Morgan fingerprint density at radius 1 is 1.59 bits per heavy atom. The third kappa shape index (κ3) is 3.53. The van der Waals surface area contributed by atoms with Gasteiger partial charge in [-0.15, -0.1) is 0 Å². The van der Waals surface area contributed by atoms with E-state index in [-0.39, 0.29) is 15.8 Å². The molecule has 0 spiro atoms. The number of nitrogens with zero attached hydrogens (tertiary/aromatic N) is 1. The monoisotopic (exact) mass is 275 g/mol. The molecule has 17 heavy (non-hydrogen) atoms. The molecule has 1 aliphatic heterocycles. The van der Waals surface area contributed by atoms with E-state index in [0.29, 0.717) is 0 Å². The molecule has 0 radical (unpaired) electrons. The molecule has 1 heterocycles. The molecule has 0 unspecified atom stereocenters. The number of hydrogen-bond acceptors (Lipinski definition) is 6. The minimum absolute atomic E-state index is 0.0784. The maximum atomic E-state index is 11.7. The molecule has 92 valence electrons. The highest BCUT2D eigenvalue weighted by Crippen LogP contribution is 2.30. The van der Waals surface area contributed by atoms with Crippen LogP contribution in [-0.2, 0) is 19.1 Å². The van der Waals surface area contributed by atoms with Gasteiger partial charge in [0, 0.05) is 6.08 Å². The van der Waals surface area contributed by atoms with E-state index in [0.717, 1.165) is 22.7 Å². The third-order valence-electron chi connectivity index (χ3n) is 1.70. The molecule has 1 fully saturated rings. The molecule has 1 N–H and O–H groups in total. The molecule has 0 aromatic heterocycles. The van der Waals surface area contributed by atoms with Gasteiger partial charge in [0.05, 0.1) is 11.5 Å². The summed E-state index contributed by atoms with van der Waals surface area (Å²) in [6.45, 7) is 1.33. The molecule has 0 aromatic carbocycles. The fourth-order valence-electron chi connectivity index (χ4n) is 1.06. The summed E-state index contributed by atoms with van der Waals surface area (Å²) >= 11 is 5.72. The smallest absolute Gasteiger partial charge is 0.332 e. The van der Waals surface area contributed by atoms with Gasteiger partial charge in [0.25, 0.3) is 5.91 Å². The molecular weight excluding hydrogens is 266 g/mol. The van der Waals surface area contributed by atoms with Crippen LogP contribution in [0.5, 0.6) is 0 Å². The Labute approximate surface area is 107 Å². The van der Waals surface area contributed by atoms with E-state index >= 15 is 0 Å². The molecule has 0 aliphatic carbocycles. The number of rotatable bonds is 4. The zero-order chi connectivity index (χ0) is 13.0. The minimum atomic E-state index is -1.17. The van der Waals surface area contributed by atoms with Crippen molar-refractivity contribution in [3.63, 3.8) is 0 Å². The molecule has 1 amide bonds. The second-order valence-corrected chi connectivity index (χ2v) is 4.59. The summed E-state index contributed by atoms with van der Waals surface area (Å²) < 4.78 is 4.76. The topological polar surface area (TPSA) is 83.9 Å². The first kappa shape index (κ1) is 13.7. The zero-order valence-electron chi connectivity index (χ0n) is 8.84. The average Bonchev–Trinajstić information content (AvgIpc) is 2.46. The lowest BCUT2D eigenvalue weighted by atomic mass is 10.4. The first-order valence-electron chi connectivity index (χ1n) is 4.59. The second kappa shape index (κ2) is 5.78. The summed E-state index contributed by atoms with van der Waals surface area (Å²) in [6, 6.07) is 0. The minimum Gasteiger partial charge on any atom is -0.480 e. The Hall–Kier alpha value is -1.41. The van der Waals surface area contributed by atoms with Gasteiger partial charge in [-0.25, -0.2) is 4.79 Å². The first-order chi connectivity index (χ1) is 7.95. The van der Waals surface area contributed by atoms with Gasteiger partial charge in [-0.2, -0.15) is 0 Å². The number of carbonyl (C=O) groups is 3. The van der Waals surface area contributed by atoms with Gasteiger partial charge in [-0.1, -0.05) is 24.0 Å². The normalized spacial score (nSPS) is 17.7. The van der Waals surface area contributed by atoms with Crippen molar-refractivity contribution in [2.75, 3.05) is 13.2 Å². The van der Waals surface area contributed by atoms with Crippen molar-refractivity contribution in [1.82, 2.24) is 4.90 Å². The average molecular weight is 275 g/mol. The van der Waals surface area contributed by atoms with Crippen LogP contribution in [0.15, 0.2) is 11.0 Å². The van der Waals surface area contributed by atoms with Gasteiger partial charge in [-0.3, -0.25) is 14.5 Å². The fraction of sp³-hybridized carbons (Fsp3) is 0.333. The second-order valence-electron chi connectivity index (χ2n) is 2.91. The van der Waals surface area contributed by atoms with Gasteiger partial charge in [0.1, 0.15) is 10.9 Å². The van der Waals surface area contributed by atoms with Crippen molar-refractivity contribution in [2.45, 2.75) is 6.92 Å². The molecule has 0 atom stereocenters. The van der Waals surface area contributed by atoms with E-state index in [2.05, 4.69) is 4.74 Å². The Balaban J connectivity index is 2.80. The van der Waals surface area contributed by atoms with E-state index in [1.54, 1.807) is 6.92 Å². The molecule has 0 bridgehead atoms. The van der Waals surface area contributed by atoms with Crippen molar-refractivity contribution >= 4 is 46.1 Å². The third-order valence-corrected chi connectivity index (χ3v) is 3.08. The summed E-state index contributed by atoms with van der Waals surface area (Å²) in [5.74, 6) is -2.41. The molecule has 1 aliphatic rings. The SMILES string of the molecule is CCOC(=O)/C=C1\SC(=S)N(CC(=O)O)C1=O. The van der Waals surface area contributed by atoms with Crippen molar-refractivity contribution in [3.8, 4) is 0 Å². The number of carboxylic acid groups (broad SMARTS) is 1. The van der Waals surface area contributed by atoms with Crippen molar-refractivity contribution in [2.24, 2.45) is 0 Å². The number of ether oxygens (including phenoxy) is 1. The summed E-state index contributed by atoms with van der Waals surface area (Å²) in [4.78, 5) is 34.3. The predicted octanol–water partition coefficient (Wildman–Crippen LogP) is 0.378. The van der Waals surface area contributed by atoms with E-state index in [9.17, 15) is 14.4 Å². The Morgan fingerprint density at radius 3 is 2.76 bits per heavy atom. The maximum Gasteiger partial charge on any atom is 0.332 e. The van der Waals surface area contributed by atoms with Crippen LogP contribution in [0.3, 0.4) is 0 Å². The number of carbonyl (C=O) groups excluding carboxylic acids is 2. The fourth-order valence-corrected chi connectivity index (χ4v) is 2.28. The standard InChI is InChI=1S/C9H9NO5S2/c1-2-15-7(13)3-5-8(14)10(4-6(11)12)9(16)17-5/h3H,2,4H2,1H3,(H,11,12)/b5-3-. The Bertz CT molecular complexity index is 418. The van der Waals surface area contributed by atoms with E-state index < -0.39 is 24.4 Å². The highest BCUT2D eigenvalue weighted by atomic mass is 32.2. The van der Waals surface area contributed by atoms with Gasteiger partial charge >= 0.3 is 11.9 Å². The summed E-state index contributed by atoms with van der Waals surface area (Å²) in [5, 5.41) is 8.59. The van der Waals surface area contributed by atoms with Gasteiger partial charge in [0.15, 0.2) is 0 Å². The van der Waals surface area contributed by atoms with E-state index in [1.807, 2.05) is 0 Å². The Morgan fingerprint density at radius 2 is 2.24 bits per heavy atom. The van der Waals surface area contributed by atoms with Crippen LogP contribution in [0.25, 0.3) is 0 Å².